The Kier molecular flexibility index (Phi) is 5.18. The summed E-state index contributed by atoms with van der Waals surface area (Å²) in [6.07, 6.45) is 5.11. The molecule has 0 saturated heterocycles. The molecule has 10 nitrogen and oxygen atoms in total. The summed E-state index contributed by atoms with van der Waals surface area (Å²) in [5.74, 6) is -0.395. The van der Waals surface area contributed by atoms with E-state index in [9.17, 15) is 18.6 Å². The lowest BCUT2D eigenvalue weighted by Crippen LogP contribution is -2.36. The van der Waals surface area contributed by atoms with Crippen LogP contribution >= 0.6 is 0 Å². The van der Waals surface area contributed by atoms with Crippen molar-refractivity contribution in [2.24, 2.45) is 7.05 Å². The van der Waals surface area contributed by atoms with Gasteiger partial charge in [-0.1, -0.05) is 4.21 Å². The Hall–Kier alpha value is -3.05. The van der Waals surface area contributed by atoms with Gasteiger partial charge in [0.15, 0.2) is 15.9 Å². The van der Waals surface area contributed by atoms with Crippen molar-refractivity contribution in [3.8, 4) is 0 Å². The Balaban J connectivity index is 1.90. The van der Waals surface area contributed by atoms with Crippen LogP contribution in [0.5, 0.6) is 0 Å². The van der Waals surface area contributed by atoms with Gasteiger partial charge in [0, 0.05) is 45.0 Å². The molecule has 1 amide bonds. The Morgan fingerprint density at radius 1 is 1.32 bits per heavy atom. The summed E-state index contributed by atoms with van der Waals surface area (Å²) in [5, 5.41) is 4.20. The molecule has 1 aliphatic carbocycles. The van der Waals surface area contributed by atoms with Crippen molar-refractivity contribution in [1.29, 1.82) is 0 Å². The third-order valence-corrected chi connectivity index (χ3v) is 6.89. The molecule has 0 bridgehead atoms. The molecule has 0 spiro atoms. The van der Waals surface area contributed by atoms with Crippen LogP contribution in [0.1, 0.15) is 35.7 Å². The van der Waals surface area contributed by atoms with E-state index in [0.717, 1.165) is 17.4 Å². The second-order valence-electron chi connectivity index (χ2n) is 8.43. The van der Waals surface area contributed by atoms with Gasteiger partial charge in [-0.05, 0) is 19.8 Å². The maximum Gasteiger partial charge on any atom is 0.329 e. The minimum Gasteiger partial charge on any atom is -0.345 e. The molecule has 11 heteroatoms. The summed E-state index contributed by atoms with van der Waals surface area (Å²) in [6.45, 7) is 2.01. The highest BCUT2D eigenvalue weighted by Gasteiger charge is 2.42. The van der Waals surface area contributed by atoms with E-state index in [0.29, 0.717) is 10.5 Å². The number of aromatic amines is 1. The van der Waals surface area contributed by atoms with Crippen LogP contribution in [0.2, 0.25) is 0 Å². The van der Waals surface area contributed by atoms with Crippen molar-refractivity contribution in [3.63, 3.8) is 0 Å². The van der Waals surface area contributed by atoms with Gasteiger partial charge in [0.25, 0.3) is 11.5 Å². The predicted molar refractivity (Wildman–Crippen MR) is 118 cm³/mol. The molecule has 0 aliphatic heterocycles. The number of nitrogens with one attached hydrogen (secondary N) is 2. The zero-order valence-corrected chi connectivity index (χ0v) is 18.7. The molecule has 2 N–H and O–H groups in total. The third-order valence-electron chi connectivity index (χ3n) is 5.42. The number of benzene rings is 1. The molecular weight excluding hydrogens is 420 g/mol. The number of hydrogen-bond donors (Lipinski definition) is 2. The number of rotatable bonds is 6. The first-order chi connectivity index (χ1) is 14.6. The number of nitrogens with zero attached hydrogens (tertiary/aromatic N) is 4. The van der Waals surface area contributed by atoms with Crippen LogP contribution in [-0.2, 0) is 28.8 Å². The van der Waals surface area contributed by atoms with Crippen LogP contribution in [-0.4, -0.2) is 49.8 Å². The molecular formula is C20H25N6O4S+. The molecule has 1 saturated carbocycles. The number of aryl methyl sites for hydroxylation is 1. The standard InChI is InChI=1S/C20H24N6O4S/c1-20(5-6-20)23-31(30)13-7-14(17(27)24(2)3)16-15(8-13)18(28)26(19(29)22-16)11-12-9-21-25(4)10-12/h7-10H,5-6,11H2,1-4H3,(H,22,29)(H,23,30)/p+1. The van der Waals surface area contributed by atoms with Gasteiger partial charge >= 0.3 is 5.69 Å². The number of thiol groups is 1. The second kappa shape index (κ2) is 7.57. The van der Waals surface area contributed by atoms with Gasteiger partial charge in [-0.25, -0.2) is 4.79 Å². The highest BCUT2D eigenvalue weighted by Crippen LogP contribution is 2.35. The lowest BCUT2D eigenvalue weighted by molar-refractivity contribution is 0.0829. The highest BCUT2D eigenvalue weighted by molar-refractivity contribution is 7.83. The van der Waals surface area contributed by atoms with Crippen LogP contribution in [0.3, 0.4) is 0 Å². The molecule has 0 radical (unpaired) electrons. The fourth-order valence-electron chi connectivity index (χ4n) is 3.36. The van der Waals surface area contributed by atoms with E-state index in [1.807, 2.05) is 6.92 Å². The van der Waals surface area contributed by atoms with Crippen LogP contribution < -0.4 is 16.0 Å². The summed E-state index contributed by atoms with van der Waals surface area (Å²) >= 11 is 0. The van der Waals surface area contributed by atoms with Crippen molar-refractivity contribution >= 4 is 27.8 Å². The SMILES string of the molecule is CN(C)C(=O)c1cc([SH+](=O)NC2(C)CC2)cc2c(=O)n(Cc3cnn(C)c3)c(=O)[nH]c12. The molecule has 164 valence electrons. The molecule has 31 heavy (non-hydrogen) atoms. The Labute approximate surface area is 180 Å². The Morgan fingerprint density at radius 3 is 2.61 bits per heavy atom. The lowest BCUT2D eigenvalue weighted by Gasteiger charge is -2.14. The van der Waals surface area contributed by atoms with E-state index >= 15 is 0 Å². The minimum atomic E-state index is -2.03. The quantitative estimate of drug-likeness (QED) is 0.417. The van der Waals surface area contributed by atoms with E-state index < -0.39 is 28.1 Å². The van der Waals surface area contributed by atoms with Gasteiger partial charge in [0.1, 0.15) is 0 Å². The number of hydrogen-bond acceptors (Lipinski definition) is 5. The predicted octanol–water partition coefficient (Wildman–Crippen LogP) is 0.285. The normalized spacial score (nSPS) is 15.7. The number of aromatic nitrogens is 4. The molecule has 1 atom stereocenters. The van der Waals surface area contributed by atoms with E-state index in [2.05, 4.69) is 14.8 Å². The topological polar surface area (TPSA) is 122 Å². The van der Waals surface area contributed by atoms with Crippen molar-refractivity contribution in [3.05, 3.63) is 56.5 Å². The van der Waals surface area contributed by atoms with E-state index in [4.69, 9.17) is 0 Å². The van der Waals surface area contributed by atoms with E-state index in [1.54, 1.807) is 38.2 Å². The van der Waals surface area contributed by atoms with Crippen molar-refractivity contribution in [2.45, 2.75) is 36.7 Å². The summed E-state index contributed by atoms with van der Waals surface area (Å²) < 4.78 is 18.7. The molecule has 4 rings (SSSR count). The van der Waals surface area contributed by atoms with Gasteiger partial charge < -0.3 is 9.88 Å². The lowest BCUT2D eigenvalue weighted by atomic mass is 10.1. The second-order valence-corrected chi connectivity index (χ2v) is 9.75. The Bertz CT molecular complexity index is 1330. The van der Waals surface area contributed by atoms with Crippen LogP contribution in [0.25, 0.3) is 10.9 Å². The average molecular weight is 446 g/mol. The summed E-state index contributed by atoms with van der Waals surface area (Å²) in [5.41, 5.74) is -0.426. The van der Waals surface area contributed by atoms with Crippen LogP contribution in [0.4, 0.5) is 0 Å². The average Bonchev–Trinajstić information content (AvgIpc) is 3.29. The van der Waals surface area contributed by atoms with Crippen molar-refractivity contribution in [1.82, 2.24) is 29.0 Å². The molecule has 2 heterocycles. The van der Waals surface area contributed by atoms with Gasteiger partial charge in [-0.2, -0.15) is 5.10 Å². The van der Waals surface area contributed by atoms with Crippen LogP contribution in [0.15, 0.2) is 39.0 Å². The molecule has 1 aromatic carbocycles. The summed E-state index contributed by atoms with van der Waals surface area (Å²) in [4.78, 5) is 43.1. The first kappa shape index (κ1) is 21.2. The fraction of sp³-hybridized carbons (Fsp3) is 0.400. The highest BCUT2D eigenvalue weighted by atomic mass is 32.2. The Morgan fingerprint density at radius 2 is 2.03 bits per heavy atom. The minimum absolute atomic E-state index is 0.0294. The zero-order valence-electron chi connectivity index (χ0n) is 17.8. The number of fused-ring (bicyclic) bond motifs is 1. The summed E-state index contributed by atoms with van der Waals surface area (Å²) in [7, 11) is 2.86. The maximum atomic E-state index is 13.3. The maximum absolute atomic E-state index is 13.3. The molecule has 3 aromatic rings. The van der Waals surface area contributed by atoms with Crippen molar-refractivity contribution < 1.29 is 9.00 Å². The number of carbonyl (C=O) groups is 1. The number of carbonyl (C=O) groups excluding carboxylic acids is 1. The molecule has 1 aliphatic rings. The molecule has 1 fully saturated rings. The van der Waals surface area contributed by atoms with Gasteiger partial charge in [-0.15, -0.1) is 4.72 Å². The van der Waals surface area contributed by atoms with Gasteiger partial charge in [0.05, 0.1) is 34.7 Å². The van der Waals surface area contributed by atoms with E-state index in [1.165, 1.54) is 17.0 Å². The smallest absolute Gasteiger partial charge is 0.329 e. The largest absolute Gasteiger partial charge is 0.345 e. The molecule has 1 unspecified atom stereocenters. The molecule has 2 aromatic heterocycles. The third kappa shape index (κ3) is 4.10. The van der Waals surface area contributed by atoms with E-state index in [-0.39, 0.29) is 28.6 Å². The summed E-state index contributed by atoms with van der Waals surface area (Å²) in [6, 6.07) is 2.99. The van der Waals surface area contributed by atoms with Gasteiger partial charge in [0.2, 0.25) is 0 Å². The first-order valence-electron chi connectivity index (χ1n) is 9.83. The zero-order chi connectivity index (χ0) is 22.5. The number of amides is 1. The van der Waals surface area contributed by atoms with Crippen LogP contribution in [0, 0.1) is 0 Å². The number of H-pyrrole nitrogens is 1. The van der Waals surface area contributed by atoms with Gasteiger partial charge in [-0.3, -0.25) is 18.8 Å². The first-order valence-corrected chi connectivity index (χ1v) is 11.1. The van der Waals surface area contributed by atoms with Crippen molar-refractivity contribution in [2.75, 3.05) is 14.1 Å². The monoisotopic (exact) mass is 445 g/mol. The fourth-order valence-corrected chi connectivity index (χ4v) is 4.69.